The molecule has 3 nitrogen and oxygen atoms in total. The van der Waals surface area contributed by atoms with Crippen LogP contribution in [0.5, 0.6) is 0 Å². The van der Waals surface area contributed by atoms with E-state index in [2.05, 4.69) is 5.32 Å². The van der Waals surface area contributed by atoms with E-state index in [1.807, 2.05) is 0 Å². The van der Waals surface area contributed by atoms with Crippen LogP contribution in [0.1, 0.15) is 24.9 Å². The van der Waals surface area contributed by atoms with Crippen molar-refractivity contribution in [3.63, 3.8) is 0 Å². The summed E-state index contributed by atoms with van der Waals surface area (Å²) in [5.74, 6) is -0.766. The van der Waals surface area contributed by atoms with Crippen molar-refractivity contribution in [1.82, 2.24) is 5.32 Å². The van der Waals surface area contributed by atoms with Crippen LogP contribution >= 0.6 is 35.6 Å². The maximum absolute atomic E-state index is 13.3. The minimum atomic E-state index is -0.564. The highest BCUT2D eigenvalue weighted by Crippen LogP contribution is 2.28. The molecule has 1 atom stereocenters. The third-order valence-electron chi connectivity index (χ3n) is 2.26. The highest BCUT2D eigenvalue weighted by atomic mass is 35.5. The summed E-state index contributed by atoms with van der Waals surface area (Å²) in [5, 5.41) is 2.95. The fourth-order valence-electron chi connectivity index (χ4n) is 1.39. The van der Waals surface area contributed by atoms with E-state index in [1.165, 1.54) is 12.1 Å². The first-order valence-electron chi connectivity index (χ1n) is 5.09. The fourth-order valence-corrected chi connectivity index (χ4v) is 1.94. The topological polar surface area (TPSA) is 55.1 Å². The number of hydrogen-bond acceptors (Lipinski definition) is 2. The van der Waals surface area contributed by atoms with Crippen molar-refractivity contribution in [2.45, 2.75) is 19.4 Å². The van der Waals surface area contributed by atoms with Crippen molar-refractivity contribution >= 4 is 41.5 Å². The lowest BCUT2D eigenvalue weighted by Crippen LogP contribution is -2.28. The molecule has 1 unspecified atom stereocenters. The molecule has 1 rings (SSSR count). The second-order valence-electron chi connectivity index (χ2n) is 3.62. The molecule has 102 valence electrons. The molecule has 0 saturated heterocycles. The first-order chi connectivity index (χ1) is 7.95. The molecule has 1 aromatic carbocycles. The summed E-state index contributed by atoms with van der Waals surface area (Å²) < 4.78 is 13.3. The van der Waals surface area contributed by atoms with Crippen LogP contribution in [0.25, 0.3) is 0 Å². The number of nitrogens with two attached hydrogens (primary N) is 1. The van der Waals surface area contributed by atoms with Crippen LogP contribution < -0.4 is 11.1 Å². The van der Waals surface area contributed by atoms with Crippen molar-refractivity contribution in [3.8, 4) is 0 Å². The molecule has 0 radical (unpaired) electrons. The van der Waals surface area contributed by atoms with E-state index in [0.717, 1.165) is 0 Å². The van der Waals surface area contributed by atoms with Crippen LogP contribution in [0.3, 0.4) is 0 Å². The number of carbonyl (C=O) groups is 1. The third kappa shape index (κ3) is 4.61. The van der Waals surface area contributed by atoms with Crippen LogP contribution in [0.2, 0.25) is 10.0 Å². The van der Waals surface area contributed by atoms with Gasteiger partial charge in [-0.05, 0) is 24.6 Å². The molecule has 18 heavy (non-hydrogen) atoms. The summed E-state index contributed by atoms with van der Waals surface area (Å²) in [5.41, 5.74) is 5.74. The molecule has 0 bridgehead atoms. The molecule has 0 spiro atoms. The molecular formula is C11H14Cl3FN2O. The number of hydrogen-bond donors (Lipinski definition) is 2. The number of halogens is 4. The maximum Gasteiger partial charge on any atom is 0.221 e. The predicted molar refractivity (Wildman–Crippen MR) is 73.9 cm³/mol. The molecule has 1 aromatic rings. The highest BCUT2D eigenvalue weighted by molar-refractivity contribution is 6.35. The van der Waals surface area contributed by atoms with Gasteiger partial charge in [-0.3, -0.25) is 4.79 Å². The Morgan fingerprint density at radius 3 is 2.61 bits per heavy atom. The molecule has 0 heterocycles. The summed E-state index contributed by atoms with van der Waals surface area (Å²) in [7, 11) is 0. The first-order valence-corrected chi connectivity index (χ1v) is 5.85. The molecule has 0 fully saturated rings. The van der Waals surface area contributed by atoms with Gasteiger partial charge >= 0.3 is 0 Å². The van der Waals surface area contributed by atoms with Gasteiger partial charge in [-0.15, -0.1) is 12.4 Å². The minimum Gasteiger partial charge on any atom is -0.349 e. The highest BCUT2D eigenvalue weighted by Gasteiger charge is 2.15. The molecule has 0 aliphatic carbocycles. The summed E-state index contributed by atoms with van der Waals surface area (Å²) in [6.07, 6.45) is 0.220. The number of nitrogens with one attached hydrogen (secondary N) is 1. The Morgan fingerprint density at radius 1 is 1.44 bits per heavy atom. The number of carbonyl (C=O) groups excluding carboxylic acids is 1. The molecule has 0 aromatic heterocycles. The Kier molecular flexibility index (Phi) is 7.55. The van der Waals surface area contributed by atoms with Gasteiger partial charge in [0.05, 0.1) is 11.1 Å². The Morgan fingerprint density at radius 2 is 2.06 bits per heavy atom. The summed E-state index contributed by atoms with van der Waals surface area (Å²) in [4.78, 5) is 11.3. The average molecular weight is 316 g/mol. The Bertz CT molecular complexity index is 429. The smallest absolute Gasteiger partial charge is 0.221 e. The lowest BCUT2D eigenvalue weighted by atomic mass is 10.1. The monoisotopic (exact) mass is 314 g/mol. The van der Waals surface area contributed by atoms with Crippen molar-refractivity contribution in [2.24, 2.45) is 5.73 Å². The largest absolute Gasteiger partial charge is 0.349 e. The molecule has 0 aliphatic rings. The van der Waals surface area contributed by atoms with Gasteiger partial charge in [0.25, 0.3) is 0 Å². The number of amides is 1. The van der Waals surface area contributed by atoms with Gasteiger partial charge in [0, 0.05) is 18.0 Å². The lowest BCUT2D eigenvalue weighted by molar-refractivity contribution is -0.121. The van der Waals surface area contributed by atoms with E-state index < -0.39 is 11.9 Å². The van der Waals surface area contributed by atoms with Gasteiger partial charge in [-0.2, -0.15) is 0 Å². The Labute approximate surface area is 121 Å². The van der Waals surface area contributed by atoms with E-state index in [-0.39, 0.29) is 36.3 Å². The Balaban J connectivity index is 0.00000289. The molecule has 0 aliphatic heterocycles. The zero-order valence-corrected chi connectivity index (χ0v) is 12.0. The zero-order valence-electron chi connectivity index (χ0n) is 9.67. The molecular weight excluding hydrogens is 301 g/mol. The fraction of sp³-hybridized carbons (Fsp3) is 0.364. The summed E-state index contributed by atoms with van der Waals surface area (Å²) in [6, 6.07) is 2.14. The first kappa shape index (κ1) is 17.4. The van der Waals surface area contributed by atoms with Crippen LogP contribution in [0.4, 0.5) is 4.39 Å². The van der Waals surface area contributed by atoms with Gasteiger partial charge in [-0.25, -0.2) is 4.39 Å². The van der Waals surface area contributed by atoms with Gasteiger partial charge in [0.1, 0.15) is 5.82 Å². The lowest BCUT2D eigenvalue weighted by Gasteiger charge is -2.16. The van der Waals surface area contributed by atoms with Gasteiger partial charge in [-0.1, -0.05) is 23.2 Å². The van der Waals surface area contributed by atoms with Gasteiger partial charge < -0.3 is 11.1 Å². The second kappa shape index (κ2) is 7.79. The van der Waals surface area contributed by atoms with Crippen molar-refractivity contribution in [3.05, 3.63) is 33.6 Å². The van der Waals surface area contributed by atoms with Crippen LogP contribution in [-0.2, 0) is 4.79 Å². The van der Waals surface area contributed by atoms with Crippen molar-refractivity contribution < 1.29 is 9.18 Å². The van der Waals surface area contributed by atoms with Crippen molar-refractivity contribution in [1.29, 1.82) is 0 Å². The van der Waals surface area contributed by atoms with E-state index in [1.54, 1.807) is 6.92 Å². The van der Waals surface area contributed by atoms with E-state index >= 15 is 0 Å². The zero-order chi connectivity index (χ0) is 13.0. The van der Waals surface area contributed by atoms with E-state index in [4.69, 9.17) is 28.9 Å². The van der Waals surface area contributed by atoms with Gasteiger partial charge in [0.15, 0.2) is 0 Å². The van der Waals surface area contributed by atoms with Crippen LogP contribution in [0.15, 0.2) is 12.1 Å². The number of benzene rings is 1. The molecule has 0 saturated carbocycles. The molecule has 3 N–H and O–H groups in total. The molecule has 7 heteroatoms. The van der Waals surface area contributed by atoms with Crippen LogP contribution in [-0.4, -0.2) is 12.5 Å². The SMILES string of the molecule is CC(NC(=O)CCN)c1cc(F)c(Cl)cc1Cl.Cl. The standard InChI is InChI=1S/C11H13Cl2FN2O.ClH/c1-6(16-11(17)2-3-15)7-4-10(14)9(13)5-8(7)12;/h4-6H,2-3,15H2,1H3,(H,16,17);1H. The average Bonchev–Trinajstić information content (AvgIpc) is 2.23. The van der Waals surface area contributed by atoms with Crippen molar-refractivity contribution in [2.75, 3.05) is 6.54 Å². The molecule has 1 amide bonds. The van der Waals surface area contributed by atoms with E-state index in [9.17, 15) is 9.18 Å². The van der Waals surface area contributed by atoms with E-state index in [0.29, 0.717) is 10.6 Å². The summed E-state index contributed by atoms with van der Waals surface area (Å²) >= 11 is 11.5. The Hall–Kier alpha value is -0.550. The third-order valence-corrected chi connectivity index (χ3v) is 2.87. The number of rotatable bonds is 4. The predicted octanol–water partition coefficient (Wildman–Crippen LogP) is 3.08. The normalized spacial score (nSPS) is 11.6. The maximum atomic E-state index is 13.3. The quantitative estimate of drug-likeness (QED) is 0.839. The minimum absolute atomic E-state index is 0. The van der Waals surface area contributed by atoms with Gasteiger partial charge in [0.2, 0.25) is 5.91 Å². The second-order valence-corrected chi connectivity index (χ2v) is 4.43. The van der Waals surface area contributed by atoms with Crippen LogP contribution in [0, 0.1) is 5.82 Å². The summed E-state index contributed by atoms with van der Waals surface area (Å²) in [6.45, 7) is 1.98.